The normalized spacial score (nSPS) is 24.2. The fraction of sp³-hybridized carbons (Fsp3) is 0.778. The van der Waals surface area contributed by atoms with E-state index in [0.29, 0.717) is 0 Å². The summed E-state index contributed by atoms with van der Waals surface area (Å²) in [5.41, 5.74) is 0. The molecule has 64 valence electrons. The van der Waals surface area contributed by atoms with Crippen molar-refractivity contribution in [3.8, 4) is 0 Å². The van der Waals surface area contributed by atoms with Crippen LogP contribution in [0.15, 0.2) is 12.2 Å². The Bertz CT molecular complexity index is 123. The largest absolute Gasteiger partial charge is 0.428 e. The predicted molar refractivity (Wildman–Crippen MR) is 51.6 cm³/mol. The van der Waals surface area contributed by atoms with E-state index in [0.717, 1.165) is 23.0 Å². The molecule has 2 heteroatoms. The predicted octanol–water partition coefficient (Wildman–Crippen LogP) is 1.42. The molecule has 0 N–H and O–H groups in total. The topological polar surface area (TPSA) is 9.23 Å². The third-order valence-corrected chi connectivity index (χ3v) is 2.75. The molecular weight excluding hydrogens is 152 g/mol. The average molecular weight is 170 g/mol. The van der Waals surface area contributed by atoms with Gasteiger partial charge in [-0.2, -0.15) is 0 Å². The van der Waals surface area contributed by atoms with Crippen LogP contribution in [0.25, 0.3) is 0 Å². The van der Waals surface area contributed by atoms with Crippen LogP contribution < -0.4 is 0 Å². The summed E-state index contributed by atoms with van der Waals surface area (Å²) in [5.74, 6) is 0.955. The van der Waals surface area contributed by atoms with Crippen molar-refractivity contribution in [2.24, 2.45) is 5.92 Å². The Balaban J connectivity index is 2.02. The zero-order valence-corrected chi connectivity index (χ0v) is 9.38. The Morgan fingerprint density at radius 3 is 3.00 bits per heavy atom. The Labute approximate surface area is 72.4 Å². The lowest BCUT2D eigenvalue weighted by Crippen LogP contribution is -2.03. The molecule has 1 aliphatic carbocycles. The van der Waals surface area contributed by atoms with Crippen molar-refractivity contribution in [2.75, 3.05) is 6.61 Å². The van der Waals surface area contributed by atoms with Gasteiger partial charge in [0.15, 0.2) is 0 Å². The van der Waals surface area contributed by atoms with Gasteiger partial charge in [0, 0.05) is 6.61 Å². The van der Waals surface area contributed by atoms with Gasteiger partial charge in [0.05, 0.1) is 0 Å². The zero-order chi connectivity index (χ0) is 7.94. The molecule has 1 nitrogen and oxygen atoms in total. The minimum atomic E-state index is 0.903. The molecule has 0 aromatic carbocycles. The molecule has 0 bridgehead atoms. The maximum absolute atomic E-state index is 5.15. The van der Waals surface area contributed by atoms with E-state index in [1.807, 2.05) is 0 Å². The molecule has 0 radical (unpaired) electrons. The van der Waals surface area contributed by atoms with Crippen LogP contribution in [0.5, 0.6) is 0 Å². The fourth-order valence-corrected chi connectivity index (χ4v) is 1.92. The summed E-state index contributed by atoms with van der Waals surface area (Å²) in [4.78, 5) is 0. The summed E-state index contributed by atoms with van der Waals surface area (Å²) >= 11 is 0. The molecule has 1 atom stereocenters. The highest BCUT2D eigenvalue weighted by molar-refractivity contribution is 5.97. The van der Waals surface area contributed by atoms with Gasteiger partial charge in [-0.25, -0.2) is 0 Å². The number of rotatable bonds is 4. The molecule has 1 unspecified atom stereocenters. The van der Waals surface area contributed by atoms with Crippen LogP contribution in [0.4, 0.5) is 0 Å². The molecule has 1 aliphatic rings. The lowest BCUT2D eigenvalue weighted by Gasteiger charge is -2.16. The van der Waals surface area contributed by atoms with Crippen molar-refractivity contribution < 1.29 is 4.43 Å². The number of allylic oxidation sites excluding steroid dienone is 2. The monoisotopic (exact) mass is 170 g/mol. The minimum absolute atomic E-state index is 0.903. The molecule has 1 rings (SSSR count). The van der Waals surface area contributed by atoms with Crippen LogP contribution in [0.3, 0.4) is 0 Å². The van der Waals surface area contributed by atoms with Crippen molar-refractivity contribution in [3.63, 3.8) is 0 Å². The lowest BCUT2D eigenvalue weighted by atomic mass is 9.90. The highest BCUT2D eigenvalue weighted by Crippen LogP contribution is 2.22. The van der Waals surface area contributed by atoms with Crippen LogP contribution in [-0.4, -0.2) is 17.1 Å². The molecule has 0 spiro atoms. The van der Waals surface area contributed by atoms with Crippen molar-refractivity contribution in [1.29, 1.82) is 0 Å². The second-order valence-corrected chi connectivity index (χ2v) is 3.86. The van der Waals surface area contributed by atoms with E-state index in [2.05, 4.69) is 12.2 Å². The van der Waals surface area contributed by atoms with Gasteiger partial charge in [0.1, 0.15) is 10.5 Å². The van der Waals surface area contributed by atoms with Gasteiger partial charge < -0.3 is 4.43 Å². The van der Waals surface area contributed by atoms with Gasteiger partial charge >= 0.3 is 0 Å². The summed E-state index contributed by atoms with van der Waals surface area (Å²) in [6.45, 7) is 0.992. The van der Waals surface area contributed by atoms with E-state index in [9.17, 15) is 0 Å². The summed E-state index contributed by atoms with van der Waals surface area (Å²) in [6.07, 6.45) is 11.3. The van der Waals surface area contributed by atoms with Crippen molar-refractivity contribution in [2.45, 2.75) is 32.1 Å². The molecule has 0 aliphatic heterocycles. The Morgan fingerprint density at radius 1 is 1.45 bits per heavy atom. The minimum Gasteiger partial charge on any atom is -0.428 e. The van der Waals surface area contributed by atoms with Crippen molar-refractivity contribution >= 4 is 10.5 Å². The third-order valence-electron chi connectivity index (χ3n) is 2.34. The second-order valence-electron chi connectivity index (χ2n) is 3.29. The van der Waals surface area contributed by atoms with Gasteiger partial charge in [-0.3, -0.25) is 0 Å². The quantitative estimate of drug-likeness (QED) is 0.352. The van der Waals surface area contributed by atoms with E-state index < -0.39 is 0 Å². The Kier molecular flexibility index (Phi) is 4.55. The van der Waals surface area contributed by atoms with Crippen LogP contribution in [0.1, 0.15) is 32.1 Å². The van der Waals surface area contributed by atoms with Crippen LogP contribution in [0.2, 0.25) is 0 Å². The smallest absolute Gasteiger partial charge is 0.145 e. The first-order valence-electron chi connectivity index (χ1n) is 4.57. The summed E-state index contributed by atoms with van der Waals surface area (Å²) in [6, 6.07) is 0. The third kappa shape index (κ3) is 3.73. The van der Waals surface area contributed by atoms with Gasteiger partial charge in [-0.15, -0.1) is 0 Å². The van der Waals surface area contributed by atoms with Crippen LogP contribution >= 0.6 is 0 Å². The molecule has 0 amide bonds. The summed E-state index contributed by atoms with van der Waals surface area (Å²) in [7, 11) is 0.903. The van der Waals surface area contributed by atoms with Crippen LogP contribution in [-0.2, 0) is 4.43 Å². The van der Waals surface area contributed by atoms with Gasteiger partial charge in [0.2, 0.25) is 0 Å². The van der Waals surface area contributed by atoms with E-state index in [-0.39, 0.29) is 0 Å². The van der Waals surface area contributed by atoms with E-state index in [4.69, 9.17) is 4.43 Å². The maximum Gasteiger partial charge on any atom is 0.145 e. The maximum atomic E-state index is 5.15. The fourth-order valence-electron chi connectivity index (χ4n) is 1.63. The first-order valence-corrected chi connectivity index (χ1v) is 5.39. The van der Waals surface area contributed by atoms with Gasteiger partial charge in [-0.05, 0) is 38.0 Å². The van der Waals surface area contributed by atoms with Crippen LogP contribution in [0, 0.1) is 5.92 Å². The molecule has 0 fully saturated rings. The molecule has 11 heavy (non-hydrogen) atoms. The van der Waals surface area contributed by atoms with Gasteiger partial charge in [0.25, 0.3) is 0 Å². The molecule has 0 aromatic rings. The summed E-state index contributed by atoms with van der Waals surface area (Å²) in [5, 5.41) is 0. The molecule has 0 aromatic heterocycles. The molecular formula is C9H18OSi. The van der Waals surface area contributed by atoms with E-state index >= 15 is 0 Å². The Hall–Kier alpha value is -0.0831. The van der Waals surface area contributed by atoms with Crippen molar-refractivity contribution in [1.82, 2.24) is 0 Å². The first-order chi connectivity index (χ1) is 5.43. The zero-order valence-electron chi connectivity index (χ0n) is 7.38. The van der Waals surface area contributed by atoms with E-state index in [1.54, 1.807) is 0 Å². The molecule has 0 saturated heterocycles. The molecule has 0 saturated carbocycles. The van der Waals surface area contributed by atoms with E-state index in [1.165, 1.54) is 32.1 Å². The first kappa shape index (κ1) is 9.01. The van der Waals surface area contributed by atoms with Gasteiger partial charge in [-0.1, -0.05) is 12.2 Å². The van der Waals surface area contributed by atoms with Crippen molar-refractivity contribution in [3.05, 3.63) is 12.2 Å². The Morgan fingerprint density at radius 2 is 2.36 bits per heavy atom. The highest BCUT2D eigenvalue weighted by atomic mass is 28.2. The standard InChI is InChI=1S/C9H18OSi/c11-10-8-4-7-9-5-2-1-3-6-9/h1-2,9H,3-8H2,11H3. The lowest BCUT2D eigenvalue weighted by molar-refractivity contribution is 0.310. The summed E-state index contributed by atoms with van der Waals surface area (Å²) < 4.78 is 5.15. The SMILES string of the molecule is [SiH3]OCCCC1CC=CCC1. The highest BCUT2D eigenvalue weighted by Gasteiger charge is 2.08. The number of hydrogen-bond donors (Lipinski definition) is 0. The average Bonchev–Trinajstić information content (AvgIpc) is 2.07. The number of hydrogen-bond acceptors (Lipinski definition) is 1. The second kappa shape index (κ2) is 5.55. The molecule has 0 heterocycles.